The van der Waals surface area contributed by atoms with Crippen LogP contribution in [0.1, 0.15) is 24.2 Å². The summed E-state index contributed by atoms with van der Waals surface area (Å²) in [5.74, 6) is -0.290. The number of rotatable bonds is 5. The summed E-state index contributed by atoms with van der Waals surface area (Å²) in [6.07, 6.45) is 0. The molecule has 0 spiro atoms. The summed E-state index contributed by atoms with van der Waals surface area (Å²) in [4.78, 5) is 23.3. The third kappa shape index (κ3) is 5.18. The van der Waals surface area contributed by atoms with Crippen molar-refractivity contribution in [3.05, 3.63) is 28.8 Å². The molecule has 0 aliphatic carbocycles. The van der Waals surface area contributed by atoms with Crippen molar-refractivity contribution in [1.29, 1.82) is 0 Å². The van der Waals surface area contributed by atoms with Crippen molar-refractivity contribution in [3.63, 3.8) is 0 Å². The average molecular weight is 284 g/mol. The molecule has 0 aliphatic rings. The van der Waals surface area contributed by atoms with Gasteiger partial charge in [-0.05, 0) is 24.1 Å². The number of amides is 2. The normalized spacial score (nSPS) is 10.3. The number of nitrogen functional groups attached to an aromatic ring is 1. The Kier molecular flexibility index (Phi) is 5.63. The van der Waals surface area contributed by atoms with Gasteiger partial charge in [-0.3, -0.25) is 9.59 Å². The highest BCUT2D eigenvalue weighted by Crippen LogP contribution is 2.18. The molecule has 0 heterocycles. The summed E-state index contributed by atoms with van der Waals surface area (Å²) in [7, 11) is 0. The predicted octanol–water partition coefficient (Wildman–Crippen LogP) is 1.42. The van der Waals surface area contributed by atoms with E-state index >= 15 is 0 Å². The Morgan fingerprint density at radius 1 is 1.32 bits per heavy atom. The molecule has 1 rings (SSSR count). The molecule has 6 heteroatoms. The number of halogens is 1. The van der Waals surface area contributed by atoms with Gasteiger partial charge in [0.05, 0.1) is 17.1 Å². The Bertz CT molecular complexity index is 475. The molecule has 19 heavy (non-hydrogen) atoms. The van der Waals surface area contributed by atoms with E-state index < -0.39 is 5.91 Å². The highest BCUT2D eigenvalue weighted by Gasteiger charge is 2.12. The molecular weight excluding hydrogens is 266 g/mol. The maximum atomic E-state index is 11.8. The van der Waals surface area contributed by atoms with Gasteiger partial charge in [-0.2, -0.15) is 0 Å². The summed E-state index contributed by atoms with van der Waals surface area (Å²) in [5, 5.41) is 5.50. The third-order valence-electron chi connectivity index (χ3n) is 2.35. The van der Waals surface area contributed by atoms with Crippen molar-refractivity contribution in [2.45, 2.75) is 13.8 Å². The number of carbonyl (C=O) groups is 2. The van der Waals surface area contributed by atoms with Gasteiger partial charge in [0.1, 0.15) is 0 Å². The van der Waals surface area contributed by atoms with Crippen LogP contribution in [0.2, 0.25) is 5.02 Å². The number of nitrogens with two attached hydrogens (primary N) is 1. The zero-order valence-electron chi connectivity index (χ0n) is 11.0. The first-order chi connectivity index (χ1) is 8.90. The van der Waals surface area contributed by atoms with Crippen LogP contribution in [-0.4, -0.2) is 24.9 Å². The highest BCUT2D eigenvalue weighted by atomic mass is 35.5. The summed E-state index contributed by atoms with van der Waals surface area (Å²) >= 11 is 5.89. The zero-order valence-corrected chi connectivity index (χ0v) is 11.8. The van der Waals surface area contributed by atoms with Crippen LogP contribution in [0.4, 0.5) is 5.69 Å². The fourth-order valence-corrected chi connectivity index (χ4v) is 1.56. The van der Waals surface area contributed by atoms with Crippen LogP contribution in [0.3, 0.4) is 0 Å². The Balaban J connectivity index is 2.51. The monoisotopic (exact) mass is 283 g/mol. The minimum Gasteiger partial charge on any atom is -0.399 e. The van der Waals surface area contributed by atoms with Crippen molar-refractivity contribution in [1.82, 2.24) is 10.6 Å². The minimum absolute atomic E-state index is 0.0866. The second-order valence-electron chi connectivity index (χ2n) is 4.62. The van der Waals surface area contributed by atoms with E-state index in [1.165, 1.54) is 6.07 Å². The zero-order chi connectivity index (χ0) is 14.4. The Morgan fingerprint density at radius 2 is 2.00 bits per heavy atom. The fraction of sp³-hybridized carbons (Fsp3) is 0.385. The molecule has 0 atom stereocenters. The number of carbonyl (C=O) groups excluding carboxylic acids is 2. The van der Waals surface area contributed by atoms with E-state index in [1.54, 1.807) is 12.1 Å². The van der Waals surface area contributed by atoms with Crippen molar-refractivity contribution >= 4 is 29.1 Å². The SMILES string of the molecule is CC(C)CNC(=O)CNC(=O)c1cc(N)ccc1Cl. The second kappa shape index (κ2) is 6.99. The van der Waals surface area contributed by atoms with Crippen molar-refractivity contribution in [3.8, 4) is 0 Å². The number of hydrogen-bond acceptors (Lipinski definition) is 3. The van der Waals surface area contributed by atoms with Gasteiger partial charge in [-0.25, -0.2) is 0 Å². The first-order valence-electron chi connectivity index (χ1n) is 6.00. The molecule has 0 aromatic heterocycles. The molecule has 0 saturated heterocycles. The van der Waals surface area contributed by atoms with Gasteiger partial charge >= 0.3 is 0 Å². The predicted molar refractivity (Wildman–Crippen MR) is 76.0 cm³/mol. The minimum atomic E-state index is -0.419. The Hall–Kier alpha value is -1.75. The molecule has 5 nitrogen and oxygen atoms in total. The molecule has 0 aliphatic heterocycles. The molecule has 4 N–H and O–H groups in total. The summed E-state index contributed by atoms with van der Waals surface area (Å²) in [6, 6.07) is 4.63. The largest absolute Gasteiger partial charge is 0.399 e. The Labute approximate surface area is 117 Å². The van der Waals surface area contributed by atoms with Crippen LogP contribution in [0.5, 0.6) is 0 Å². The number of hydrogen-bond donors (Lipinski definition) is 3. The van der Waals surface area contributed by atoms with E-state index in [0.29, 0.717) is 23.2 Å². The van der Waals surface area contributed by atoms with E-state index in [0.717, 1.165) is 0 Å². The molecule has 1 aromatic carbocycles. The molecule has 2 amide bonds. The van der Waals surface area contributed by atoms with Gasteiger partial charge in [0.25, 0.3) is 5.91 Å². The molecule has 0 fully saturated rings. The standard InChI is InChI=1S/C13H18ClN3O2/c1-8(2)6-16-12(18)7-17-13(19)10-5-9(15)3-4-11(10)14/h3-5,8H,6-7,15H2,1-2H3,(H,16,18)(H,17,19). The number of benzene rings is 1. The van der Waals surface area contributed by atoms with Gasteiger partial charge in [-0.15, -0.1) is 0 Å². The lowest BCUT2D eigenvalue weighted by atomic mass is 10.2. The smallest absolute Gasteiger partial charge is 0.253 e. The van der Waals surface area contributed by atoms with Crippen LogP contribution < -0.4 is 16.4 Å². The maximum absolute atomic E-state index is 11.8. The van der Waals surface area contributed by atoms with Crippen LogP contribution in [0.15, 0.2) is 18.2 Å². The van der Waals surface area contributed by atoms with E-state index in [4.69, 9.17) is 17.3 Å². The van der Waals surface area contributed by atoms with Gasteiger partial charge in [-0.1, -0.05) is 25.4 Å². The van der Waals surface area contributed by atoms with Crippen LogP contribution in [0, 0.1) is 5.92 Å². The van der Waals surface area contributed by atoms with E-state index in [9.17, 15) is 9.59 Å². The van der Waals surface area contributed by atoms with Crippen molar-refractivity contribution in [2.24, 2.45) is 5.92 Å². The first kappa shape index (κ1) is 15.3. The van der Waals surface area contributed by atoms with Crippen LogP contribution in [-0.2, 0) is 4.79 Å². The molecule has 0 bridgehead atoms. The van der Waals surface area contributed by atoms with Crippen molar-refractivity contribution < 1.29 is 9.59 Å². The summed E-state index contributed by atoms with van der Waals surface area (Å²) < 4.78 is 0. The average Bonchev–Trinajstić information content (AvgIpc) is 2.36. The molecule has 0 saturated carbocycles. The molecule has 0 radical (unpaired) electrons. The van der Waals surface area contributed by atoms with E-state index in [1.807, 2.05) is 13.8 Å². The highest BCUT2D eigenvalue weighted by molar-refractivity contribution is 6.34. The molecule has 1 aromatic rings. The number of nitrogens with one attached hydrogen (secondary N) is 2. The Morgan fingerprint density at radius 3 is 2.63 bits per heavy atom. The molecular formula is C13H18ClN3O2. The quantitative estimate of drug-likeness (QED) is 0.715. The van der Waals surface area contributed by atoms with Crippen LogP contribution in [0.25, 0.3) is 0 Å². The fourth-order valence-electron chi connectivity index (χ4n) is 1.35. The third-order valence-corrected chi connectivity index (χ3v) is 2.68. The van der Waals surface area contributed by atoms with E-state index in [-0.39, 0.29) is 18.0 Å². The topological polar surface area (TPSA) is 84.2 Å². The summed E-state index contributed by atoms with van der Waals surface area (Å²) in [5.41, 5.74) is 6.29. The lowest BCUT2D eigenvalue weighted by Gasteiger charge is -2.09. The lowest BCUT2D eigenvalue weighted by molar-refractivity contribution is -0.120. The summed E-state index contributed by atoms with van der Waals surface area (Å²) in [6.45, 7) is 4.47. The number of anilines is 1. The lowest BCUT2D eigenvalue weighted by Crippen LogP contribution is -2.38. The van der Waals surface area contributed by atoms with E-state index in [2.05, 4.69) is 10.6 Å². The second-order valence-corrected chi connectivity index (χ2v) is 5.03. The van der Waals surface area contributed by atoms with Gasteiger partial charge in [0, 0.05) is 12.2 Å². The maximum Gasteiger partial charge on any atom is 0.253 e. The van der Waals surface area contributed by atoms with Crippen molar-refractivity contribution in [2.75, 3.05) is 18.8 Å². The van der Waals surface area contributed by atoms with Gasteiger partial charge in [0.2, 0.25) is 5.91 Å². The molecule has 0 unspecified atom stereocenters. The van der Waals surface area contributed by atoms with Gasteiger partial charge < -0.3 is 16.4 Å². The van der Waals surface area contributed by atoms with Gasteiger partial charge in [0.15, 0.2) is 0 Å². The molecule has 104 valence electrons. The van der Waals surface area contributed by atoms with Crippen LogP contribution >= 0.6 is 11.6 Å². The first-order valence-corrected chi connectivity index (χ1v) is 6.38.